The van der Waals surface area contributed by atoms with Crippen molar-refractivity contribution in [3.8, 4) is 5.75 Å². The molecule has 0 bridgehead atoms. The second kappa shape index (κ2) is 9.42. The van der Waals surface area contributed by atoms with E-state index in [2.05, 4.69) is 42.7 Å². The van der Waals surface area contributed by atoms with Crippen LogP contribution in [-0.2, 0) is 14.4 Å². The lowest BCUT2D eigenvalue weighted by Crippen LogP contribution is -2.43. The molecule has 0 fully saturated rings. The van der Waals surface area contributed by atoms with Crippen LogP contribution >= 0.6 is 31.9 Å². The molecule has 120 valence electrons. The van der Waals surface area contributed by atoms with E-state index in [1.165, 1.54) is 0 Å². The van der Waals surface area contributed by atoms with Crippen molar-refractivity contribution in [3.63, 3.8) is 0 Å². The van der Waals surface area contributed by atoms with E-state index in [0.29, 0.717) is 10.2 Å². The first-order valence-corrected chi connectivity index (χ1v) is 7.84. The van der Waals surface area contributed by atoms with Gasteiger partial charge in [-0.25, -0.2) is 0 Å². The third-order valence-electron chi connectivity index (χ3n) is 2.39. The van der Waals surface area contributed by atoms with Crippen LogP contribution in [0.3, 0.4) is 0 Å². The van der Waals surface area contributed by atoms with E-state index in [9.17, 15) is 14.4 Å². The van der Waals surface area contributed by atoms with Gasteiger partial charge in [0.1, 0.15) is 5.75 Å². The minimum absolute atomic E-state index is 0.0195. The molecule has 0 saturated heterocycles. The minimum Gasteiger partial charge on any atom is -0.483 e. The molecule has 2 amide bonds. The van der Waals surface area contributed by atoms with Crippen molar-refractivity contribution < 1.29 is 24.2 Å². The van der Waals surface area contributed by atoms with Gasteiger partial charge < -0.3 is 9.84 Å². The third kappa shape index (κ3) is 7.41. The number of carboxylic acids is 1. The van der Waals surface area contributed by atoms with Crippen molar-refractivity contribution in [1.82, 2.24) is 10.9 Å². The fourth-order valence-electron chi connectivity index (χ4n) is 1.37. The molecule has 1 rings (SSSR count). The molecule has 0 heterocycles. The summed E-state index contributed by atoms with van der Waals surface area (Å²) < 4.78 is 6.84. The van der Waals surface area contributed by atoms with E-state index in [4.69, 9.17) is 9.84 Å². The Kier molecular flexibility index (Phi) is 7.89. The van der Waals surface area contributed by atoms with Gasteiger partial charge in [-0.05, 0) is 40.5 Å². The summed E-state index contributed by atoms with van der Waals surface area (Å²) in [6, 6.07) is 5.23. The van der Waals surface area contributed by atoms with Gasteiger partial charge in [-0.2, -0.15) is 0 Å². The normalized spacial score (nSPS) is 9.91. The smallest absolute Gasteiger partial charge is 0.303 e. The molecular formula is C13H14Br2N2O5. The quantitative estimate of drug-likeness (QED) is 0.566. The predicted molar refractivity (Wildman–Crippen MR) is 85.1 cm³/mol. The number of hydrazine groups is 1. The largest absolute Gasteiger partial charge is 0.483 e. The summed E-state index contributed by atoms with van der Waals surface area (Å²) in [6.07, 6.45) is 0.132. The third-order valence-corrected chi connectivity index (χ3v) is 3.50. The predicted octanol–water partition coefficient (Wildman–Crippen LogP) is 1.99. The molecule has 0 spiro atoms. The van der Waals surface area contributed by atoms with Gasteiger partial charge in [0.25, 0.3) is 5.91 Å². The maximum atomic E-state index is 11.5. The van der Waals surface area contributed by atoms with Crippen LogP contribution in [0.4, 0.5) is 0 Å². The van der Waals surface area contributed by atoms with Gasteiger partial charge in [0.15, 0.2) is 6.61 Å². The standard InChI is InChI=1S/C13H14Br2N2O5/c14-8-4-5-10(9(15)6-8)22-7-12(19)17-16-11(18)2-1-3-13(20)21/h4-6H,1-3,7H2,(H,16,18)(H,17,19)(H,20,21). The highest BCUT2D eigenvalue weighted by Gasteiger charge is 2.08. The summed E-state index contributed by atoms with van der Waals surface area (Å²) in [5.41, 5.74) is 4.37. The van der Waals surface area contributed by atoms with E-state index < -0.39 is 17.8 Å². The van der Waals surface area contributed by atoms with E-state index >= 15 is 0 Å². The Morgan fingerprint density at radius 3 is 2.41 bits per heavy atom. The van der Waals surface area contributed by atoms with Crippen molar-refractivity contribution in [3.05, 3.63) is 27.1 Å². The second-order valence-electron chi connectivity index (χ2n) is 4.21. The van der Waals surface area contributed by atoms with Crippen LogP contribution < -0.4 is 15.6 Å². The number of carboxylic acid groups (broad SMARTS) is 1. The molecule has 0 aliphatic rings. The summed E-state index contributed by atoms with van der Waals surface area (Å²) >= 11 is 6.59. The van der Waals surface area contributed by atoms with Gasteiger partial charge in [-0.15, -0.1) is 0 Å². The Hall–Kier alpha value is -1.61. The Morgan fingerprint density at radius 2 is 1.77 bits per heavy atom. The Bertz CT molecular complexity index is 565. The van der Waals surface area contributed by atoms with Crippen LogP contribution in [-0.4, -0.2) is 29.5 Å². The summed E-state index contributed by atoms with van der Waals surface area (Å²) in [5, 5.41) is 8.44. The minimum atomic E-state index is -0.967. The van der Waals surface area contributed by atoms with Crippen LogP contribution in [0.25, 0.3) is 0 Å². The van der Waals surface area contributed by atoms with Crippen LogP contribution in [0.1, 0.15) is 19.3 Å². The van der Waals surface area contributed by atoms with Crippen LogP contribution in [0.15, 0.2) is 27.1 Å². The average Bonchev–Trinajstić information content (AvgIpc) is 2.43. The maximum Gasteiger partial charge on any atom is 0.303 e. The fourth-order valence-corrected chi connectivity index (χ4v) is 2.54. The first-order chi connectivity index (χ1) is 10.4. The molecule has 3 N–H and O–H groups in total. The van der Waals surface area contributed by atoms with Crippen molar-refractivity contribution in [2.24, 2.45) is 0 Å². The van der Waals surface area contributed by atoms with Gasteiger partial charge in [0.2, 0.25) is 5.91 Å². The molecule has 1 aromatic rings. The number of carbonyl (C=O) groups is 3. The van der Waals surface area contributed by atoms with Crippen LogP contribution in [0.5, 0.6) is 5.75 Å². The van der Waals surface area contributed by atoms with E-state index in [1.54, 1.807) is 18.2 Å². The molecular weight excluding hydrogens is 424 g/mol. The summed E-state index contributed by atoms with van der Waals surface area (Å²) in [6.45, 7) is -0.268. The zero-order chi connectivity index (χ0) is 16.5. The molecule has 0 atom stereocenters. The molecule has 9 heteroatoms. The number of benzene rings is 1. The number of rotatable bonds is 7. The molecule has 0 aliphatic heterocycles. The SMILES string of the molecule is O=C(O)CCCC(=O)NNC(=O)COc1ccc(Br)cc1Br. The van der Waals surface area contributed by atoms with Crippen molar-refractivity contribution in [2.45, 2.75) is 19.3 Å². The zero-order valence-electron chi connectivity index (χ0n) is 11.4. The zero-order valence-corrected chi connectivity index (χ0v) is 14.6. The number of carbonyl (C=O) groups excluding carboxylic acids is 2. The van der Waals surface area contributed by atoms with Crippen molar-refractivity contribution in [2.75, 3.05) is 6.61 Å². The van der Waals surface area contributed by atoms with E-state index in [1.807, 2.05) is 0 Å². The van der Waals surface area contributed by atoms with Crippen molar-refractivity contribution in [1.29, 1.82) is 0 Å². The first kappa shape index (κ1) is 18.4. The highest BCUT2D eigenvalue weighted by atomic mass is 79.9. The van der Waals surface area contributed by atoms with E-state index in [0.717, 1.165) is 4.47 Å². The number of hydrogen-bond donors (Lipinski definition) is 3. The van der Waals surface area contributed by atoms with Crippen LogP contribution in [0, 0.1) is 0 Å². The molecule has 0 aliphatic carbocycles. The molecule has 22 heavy (non-hydrogen) atoms. The fraction of sp³-hybridized carbons (Fsp3) is 0.308. The summed E-state index contributed by atoms with van der Waals surface area (Å²) in [7, 11) is 0. The van der Waals surface area contributed by atoms with Gasteiger partial charge in [0, 0.05) is 17.3 Å². The van der Waals surface area contributed by atoms with Gasteiger partial charge in [0.05, 0.1) is 4.47 Å². The summed E-state index contributed by atoms with van der Waals surface area (Å²) in [5.74, 6) is -1.46. The number of nitrogens with one attached hydrogen (secondary N) is 2. The van der Waals surface area contributed by atoms with Gasteiger partial charge in [-0.3, -0.25) is 25.2 Å². The Morgan fingerprint density at radius 1 is 1.09 bits per heavy atom. The van der Waals surface area contributed by atoms with Gasteiger partial charge in [-0.1, -0.05) is 15.9 Å². The molecule has 7 nitrogen and oxygen atoms in total. The van der Waals surface area contributed by atoms with Gasteiger partial charge >= 0.3 is 5.97 Å². The molecule has 1 aromatic carbocycles. The number of ether oxygens (including phenoxy) is 1. The first-order valence-electron chi connectivity index (χ1n) is 6.26. The highest BCUT2D eigenvalue weighted by Crippen LogP contribution is 2.27. The number of aliphatic carboxylic acids is 1. The highest BCUT2D eigenvalue weighted by molar-refractivity contribution is 9.11. The second-order valence-corrected chi connectivity index (χ2v) is 5.98. The number of hydrogen-bond acceptors (Lipinski definition) is 4. The molecule has 0 saturated carbocycles. The number of amides is 2. The van der Waals surface area contributed by atoms with E-state index in [-0.39, 0.29) is 25.9 Å². The lowest BCUT2D eigenvalue weighted by molar-refractivity contribution is -0.137. The maximum absolute atomic E-state index is 11.5. The lowest BCUT2D eigenvalue weighted by Gasteiger charge is -2.10. The Labute approximate surface area is 143 Å². The monoisotopic (exact) mass is 436 g/mol. The van der Waals surface area contributed by atoms with Crippen molar-refractivity contribution >= 4 is 49.6 Å². The average molecular weight is 438 g/mol. The lowest BCUT2D eigenvalue weighted by atomic mass is 10.2. The molecule has 0 unspecified atom stereocenters. The summed E-state index contributed by atoms with van der Waals surface area (Å²) in [4.78, 5) is 33.1. The molecule has 0 aromatic heterocycles. The molecule has 0 radical (unpaired) electrons. The van der Waals surface area contributed by atoms with Crippen LogP contribution in [0.2, 0.25) is 0 Å². The topological polar surface area (TPSA) is 105 Å². The Balaban J connectivity index is 2.26. The number of halogens is 2.